The molecule has 0 saturated carbocycles. The first-order chi connectivity index (χ1) is 10.5. The van der Waals surface area contributed by atoms with Crippen molar-refractivity contribution in [2.75, 3.05) is 18.8 Å². The van der Waals surface area contributed by atoms with Crippen molar-refractivity contribution in [3.8, 4) is 0 Å². The number of nitrogens with one attached hydrogen (secondary N) is 2. The van der Waals surface area contributed by atoms with Gasteiger partial charge in [0.25, 0.3) is 0 Å². The average molecular weight is 322 g/mol. The molecule has 6 nitrogen and oxygen atoms in total. The summed E-state index contributed by atoms with van der Waals surface area (Å²) in [5.74, 6) is -1.04. The Morgan fingerprint density at radius 3 is 2.64 bits per heavy atom. The SMILES string of the molecule is C=CC(=O)NCCNC(=O)C1CCS(=O)(=O)c2ccccc21. The molecule has 0 aliphatic carbocycles. The molecule has 1 aliphatic heterocycles. The second-order valence-corrected chi connectivity index (χ2v) is 7.06. The molecular weight excluding hydrogens is 304 g/mol. The lowest BCUT2D eigenvalue weighted by Gasteiger charge is -2.24. The van der Waals surface area contributed by atoms with E-state index in [0.29, 0.717) is 12.1 Å². The number of sulfone groups is 1. The van der Waals surface area contributed by atoms with Gasteiger partial charge >= 0.3 is 0 Å². The van der Waals surface area contributed by atoms with Crippen molar-refractivity contribution in [1.29, 1.82) is 0 Å². The molecule has 1 aromatic carbocycles. The number of rotatable bonds is 5. The van der Waals surface area contributed by atoms with E-state index >= 15 is 0 Å². The number of amides is 2. The summed E-state index contributed by atoms with van der Waals surface area (Å²) in [5.41, 5.74) is 0.543. The summed E-state index contributed by atoms with van der Waals surface area (Å²) in [6.45, 7) is 3.91. The van der Waals surface area contributed by atoms with Crippen LogP contribution in [0.4, 0.5) is 0 Å². The molecular formula is C15H18N2O4S. The largest absolute Gasteiger partial charge is 0.354 e. The van der Waals surface area contributed by atoms with Crippen molar-refractivity contribution < 1.29 is 18.0 Å². The zero-order valence-corrected chi connectivity index (χ0v) is 12.9. The molecule has 0 fully saturated rings. The lowest BCUT2D eigenvalue weighted by atomic mass is 9.95. The molecule has 0 aromatic heterocycles. The van der Waals surface area contributed by atoms with E-state index < -0.39 is 15.8 Å². The summed E-state index contributed by atoms with van der Waals surface area (Å²) in [6.07, 6.45) is 1.42. The summed E-state index contributed by atoms with van der Waals surface area (Å²) < 4.78 is 24.0. The smallest absolute Gasteiger partial charge is 0.243 e. The maximum atomic E-state index is 12.2. The third kappa shape index (κ3) is 3.54. The molecule has 1 heterocycles. The highest BCUT2D eigenvalue weighted by Crippen LogP contribution is 2.33. The highest BCUT2D eigenvalue weighted by atomic mass is 32.2. The van der Waals surface area contributed by atoms with Gasteiger partial charge in [0.2, 0.25) is 11.8 Å². The van der Waals surface area contributed by atoms with Crippen LogP contribution >= 0.6 is 0 Å². The van der Waals surface area contributed by atoms with E-state index in [2.05, 4.69) is 17.2 Å². The Morgan fingerprint density at radius 2 is 1.91 bits per heavy atom. The monoisotopic (exact) mass is 322 g/mol. The van der Waals surface area contributed by atoms with Gasteiger partial charge in [0, 0.05) is 13.1 Å². The summed E-state index contributed by atoms with van der Waals surface area (Å²) in [5, 5.41) is 5.27. The van der Waals surface area contributed by atoms with Crippen LogP contribution in [-0.2, 0) is 19.4 Å². The van der Waals surface area contributed by atoms with Crippen LogP contribution in [0, 0.1) is 0 Å². The van der Waals surface area contributed by atoms with E-state index in [9.17, 15) is 18.0 Å². The number of hydrogen-bond acceptors (Lipinski definition) is 4. The van der Waals surface area contributed by atoms with Gasteiger partial charge in [0.1, 0.15) is 0 Å². The second-order valence-electron chi connectivity index (χ2n) is 4.98. The number of carbonyl (C=O) groups is 2. The maximum absolute atomic E-state index is 12.2. The lowest BCUT2D eigenvalue weighted by Crippen LogP contribution is -2.38. The van der Waals surface area contributed by atoms with Gasteiger partial charge < -0.3 is 10.6 Å². The van der Waals surface area contributed by atoms with E-state index in [0.717, 1.165) is 6.08 Å². The summed E-state index contributed by atoms with van der Waals surface area (Å²) in [7, 11) is -3.30. The highest BCUT2D eigenvalue weighted by molar-refractivity contribution is 7.91. The Bertz CT molecular complexity index is 697. The Morgan fingerprint density at radius 1 is 1.23 bits per heavy atom. The maximum Gasteiger partial charge on any atom is 0.243 e. The predicted molar refractivity (Wildman–Crippen MR) is 82.1 cm³/mol. The molecule has 0 saturated heterocycles. The molecule has 2 rings (SSSR count). The highest BCUT2D eigenvalue weighted by Gasteiger charge is 2.33. The minimum absolute atomic E-state index is 0.0324. The summed E-state index contributed by atoms with van der Waals surface area (Å²) in [4.78, 5) is 23.5. The first-order valence-corrected chi connectivity index (χ1v) is 8.60. The van der Waals surface area contributed by atoms with Crippen LogP contribution in [-0.4, -0.2) is 39.1 Å². The van der Waals surface area contributed by atoms with Gasteiger partial charge in [-0.05, 0) is 24.1 Å². The van der Waals surface area contributed by atoms with E-state index in [-0.39, 0.29) is 35.4 Å². The molecule has 1 unspecified atom stereocenters. The number of carbonyl (C=O) groups excluding carboxylic acids is 2. The van der Waals surface area contributed by atoms with Crippen molar-refractivity contribution >= 4 is 21.7 Å². The number of benzene rings is 1. The molecule has 118 valence electrons. The van der Waals surface area contributed by atoms with E-state index in [1.807, 2.05) is 0 Å². The molecule has 0 bridgehead atoms. The fraction of sp³-hybridized carbons (Fsp3) is 0.333. The second kappa shape index (κ2) is 6.74. The van der Waals surface area contributed by atoms with Crippen LogP contribution < -0.4 is 10.6 Å². The van der Waals surface area contributed by atoms with Crippen LogP contribution in [0.2, 0.25) is 0 Å². The minimum atomic E-state index is -3.30. The Labute approximate surface area is 129 Å². The van der Waals surface area contributed by atoms with Gasteiger partial charge in [-0.25, -0.2) is 8.42 Å². The molecule has 7 heteroatoms. The van der Waals surface area contributed by atoms with Gasteiger partial charge in [-0.15, -0.1) is 0 Å². The molecule has 22 heavy (non-hydrogen) atoms. The van der Waals surface area contributed by atoms with Gasteiger partial charge in [-0.2, -0.15) is 0 Å². The molecule has 0 spiro atoms. The van der Waals surface area contributed by atoms with Crippen LogP contribution in [0.5, 0.6) is 0 Å². The molecule has 1 atom stereocenters. The Balaban J connectivity index is 2.02. The fourth-order valence-electron chi connectivity index (χ4n) is 2.43. The van der Waals surface area contributed by atoms with Crippen molar-refractivity contribution in [1.82, 2.24) is 10.6 Å². The van der Waals surface area contributed by atoms with Crippen LogP contribution in [0.15, 0.2) is 41.8 Å². The van der Waals surface area contributed by atoms with E-state index in [4.69, 9.17) is 0 Å². The van der Waals surface area contributed by atoms with E-state index in [1.165, 1.54) is 6.07 Å². The zero-order chi connectivity index (χ0) is 16.2. The van der Waals surface area contributed by atoms with Crippen molar-refractivity contribution in [3.05, 3.63) is 42.5 Å². The minimum Gasteiger partial charge on any atom is -0.354 e. The summed E-state index contributed by atoms with van der Waals surface area (Å²) >= 11 is 0. The third-order valence-corrected chi connectivity index (χ3v) is 5.35. The van der Waals surface area contributed by atoms with Crippen LogP contribution in [0.1, 0.15) is 17.9 Å². The average Bonchev–Trinajstić information content (AvgIpc) is 2.51. The molecule has 2 N–H and O–H groups in total. The van der Waals surface area contributed by atoms with Crippen molar-refractivity contribution in [2.24, 2.45) is 0 Å². The molecule has 2 amide bonds. The fourth-order valence-corrected chi connectivity index (χ4v) is 4.05. The topological polar surface area (TPSA) is 92.3 Å². The van der Waals surface area contributed by atoms with Crippen LogP contribution in [0.3, 0.4) is 0 Å². The molecule has 1 aliphatic rings. The van der Waals surface area contributed by atoms with Crippen molar-refractivity contribution in [2.45, 2.75) is 17.2 Å². The number of hydrogen-bond donors (Lipinski definition) is 2. The van der Waals surface area contributed by atoms with Gasteiger partial charge in [0.15, 0.2) is 9.84 Å². The van der Waals surface area contributed by atoms with Crippen molar-refractivity contribution in [3.63, 3.8) is 0 Å². The third-order valence-electron chi connectivity index (χ3n) is 3.53. The molecule has 1 aromatic rings. The van der Waals surface area contributed by atoms with Gasteiger partial charge in [-0.3, -0.25) is 9.59 Å². The zero-order valence-electron chi connectivity index (χ0n) is 12.0. The Kier molecular flexibility index (Phi) is 4.97. The van der Waals surface area contributed by atoms with Gasteiger partial charge in [-0.1, -0.05) is 24.8 Å². The van der Waals surface area contributed by atoms with E-state index in [1.54, 1.807) is 18.2 Å². The molecule has 0 radical (unpaired) electrons. The normalized spacial score (nSPS) is 18.8. The first kappa shape index (κ1) is 16.2. The first-order valence-electron chi connectivity index (χ1n) is 6.95. The quantitative estimate of drug-likeness (QED) is 0.605. The van der Waals surface area contributed by atoms with Crippen LogP contribution in [0.25, 0.3) is 0 Å². The predicted octanol–water partition coefficient (Wildman–Crippen LogP) is 0.366. The Hall–Kier alpha value is -2.15. The number of fused-ring (bicyclic) bond motifs is 1. The summed E-state index contributed by atoms with van der Waals surface area (Å²) in [6, 6.07) is 6.59. The van der Waals surface area contributed by atoms with Gasteiger partial charge in [0.05, 0.1) is 16.6 Å². The standard InChI is InChI=1S/C15H18N2O4S/c1-2-14(18)16-8-9-17-15(19)12-7-10-22(20,21)13-6-4-3-5-11(12)13/h2-6,12H,1,7-10H2,(H,16,18)(H,17,19). The lowest BCUT2D eigenvalue weighted by molar-refractivity contribution is -0.123.